The number of carbonyl (C=O) groups excluding carboxylic acids is 1. The predicted molar refractivity (Wildman–Crippen MR) is 81.7 cm³/mol. The number of hydrogen-bond acceptors (Lipinski definition) is 5. The fraction of sp³-hybridized carbons (Fsp3) is 0.286. The Labute approximate surface area is 122 Å². The first kappa shape index (κ1) is 14.5. The second kappa shape index (κ2) is 6.49. The van der Waals surface area contributed by atoms with Crippen LogP contribution in [-0.2, 0) is 6.42 Å². The second-order valence-corrected chi connectivity index (χ2v) is 6.03. The van der Waals surface area contributed by atoms with E-state index in [2.05, 4.69) is 34.8 Å². The van der Waals surface area contributed by atoms with Gasteiger partial charge in [-0.2, -0.15) is 0 Å². The third-order valence-electron chi connectivity index (χ3n) is 2.90. The molecule has 20 heavy (non-hydrogen) atoms. The summed E-state index contributed by atoms with van der Waals surface area (Å²) in [6.45, 7) is 4.07. The Bertz CT molecular complexity index is 596. The minimum Gasteiger partial charge on any atom is -0.349 e. The predicted octanol–water partition coefficient (Wildman–Crippen LogP) is 2.10. The number of carbonyl (C=O) groups is 1. The molecule has 0 aromatic carbocycles. The summed E-state index contributed by atoms with van der Waals surface area (Å²) in [4.78, 5) is 18.7. The fourth-order valence-electron chi connectivity index (χ4n) is 1.96. The molecule has 2 aromatic heterocycles. The number of thiophene rings is 1. The van der Waals surface area contributed by atoms with E-state index in [1.54, 1.807) is 23.6 Å². The maximum atomic E-state index is 12.2. The van der Waals surface area contributed by atoms with Crippen molar-refractivity contribution in [2.75, 3.05) is 5.43 Å². The Morgan fingerprint density at radius 3 is 2.90 bits per heavy atom. The van der Waals surface area contributed by atoms with Gasteiger partial charge in [0.25, 0.3) is 5.91 Å². The second-order valence-electron chi connectivity index (χ2n) is 4.66. The number of aryl methyl sites for hydroxylation is 1. The average Bonchev–Trinajstić information content (AvgIpc) is 2.83. The molecular weight excluding hydrogens is 272 g/mol. The number of anilines is 1. The lowest BCUT2D eigenvalue weighted by molar-refractivity contribution is 0.0941. The van der Waals surface area contributed by atoms with E-state index in [0.717, 1.165) is 6.42 Å². The number of rotatable bonds is 5. The van der Waals surface area contributed by atoms with Crippen molar-refractivity contribution in [1.82, 2.24) is 10.3 Å². The molecule has 0 bridgehead atoms. The molecule has 1 unspecified atom stereocenters. The van der Waals surface area contributed by atoms with Crippen molar-refractivity contribution < 1.29 is 4.79 Å². The quantitative estimate of drug-likeness (QED) is 0.582. The fourth-order valence-corrected chi connectivity index (χ4v) is 2.98. The molecule has 2 aromatic rings. The first-order valence-corrected chi connectivity index (χ1v) is 7.18. The molecule has 2 rings (SSSR count). The summed E-state index contributed by atoms with van der Waals surface area (Å²) in [5.41, 5.74) is 3.50. The van der Waals surface area contributed by atoms with Gasteiger partial charge in [0.2, 0.25) is 0 Å². The zero-order valence-corrected chi connectivity index (χ0v) is 12.3. The number of nitrogens with zero attached hydrogens (tertiary/aromatic N) is 1. The standard InChI is InChI=1S/C14H18N4OS/c1-9(7-11-4-3-10(2)20-11)17-14(19)12-5-6-16-8-13(12)18-15/h3-6,8-9,18H,7,15H2,1-2H3,(H,17,19). The van der Waals surface area contributed by atoms with Crippen molar-refractivity contribution in [3.8, 4) is 0 Å². The zero-order chi connectivity index (χ0) is 14.5. The molecule has 5 nitrogen and oxygen atoms in total. The number of nitrogens with two attached hydrogens (primary N) is 1. The lowest BCUT2D eigenvalue weighted by Gasteiger charge is -2.14. The molecule has 0 spiro atoms. The highest BCUT2D eigenvalue weighted by atomic mass is 32.1. The van der Waals surface area contributed by atoms with Gasteiger partial charge in [0.15, 0.2) is 0 Å². The Hall–Kier alpha value is -1.92. The number of hydrazine groups is 1. The van der Waals surface area contributed by atoms with E-state index in [1.165, 1.54) is 16.0 Å². The molecule has 4 N–H and O–H groups in total. The highest BCUT2D eigenvalue weighted by Gasteiger charge is 2.14. The van der Waals surface area contributed by atoms with Crippen molar-refractivity contribution in [2.24, 2.45) is 5.84 Å². The van der Waals surface area contributed by atoms with Crippen molar-refractivity contribution in [1.29, 1.82) is 0 Å². The van der Waals surface area contributed by atoms with Gasteiger partial charge in [-0.15, -0.1) is 11.3 Å². The molecule has 0 saturated heterocycles. The van der Waals surface area contributed by atoms with Crippen LogP contribution in [0.1, 0.15) is 27.0 Å². The zero-order valence-electron chi connectivity index (χ0n) is 11.5. The van der Waals surface area contributed by atoms with Crippen LogP contribution in [0, 0.1) is 6.92 Å². The molecule has 0 fully saturated rings. The van der Waals surface area contributed by atoms with Gasteiger partial charge in [0.05, 0.1) is 17.4 Å². The summed E-state index contributed by atoms with van der Waals surface area (Å²) in [5, 5.41) is 2.97. The number of nitrogen functional groups attached to an aromatic ring is 1. The third kappa shape index (κ3) is 3.55. The van der Waals surface area contributed by atoms with Crippen molar-refractivity contribution in [2.45, 2.75) is 26.3 Å². The largest absolute Gasteiger partial charge is 0.349 e. The van der Waals surface area contributed by atoms with Gasteiger partial charge in [0.1, 0.15) is 0 Å². The first-order valence-electron chi connectivity index (χ1n) is 6.37. The van der Waals surface area contributed by atoms with Crippen molar-refractivity contribution in [3.05, 3.63) is 45.9 Å². The van der Waals surface area contributed by atoms with Crippen LogP contribution < -0.4 is 16.6 Å². The van der Waals surface area contributed by atoms with Gasteiger partial charge in [-0.05, 0) is 32.0 Å². The Morgan fingerprint density at radius 1 is 1.45 bits per heavy atom. The van der Waals surface area contributed by atoms with Gasteiger partial charge in [0, 0.05) is 28.4 Å². The van der Waals surface area contributed by atoms with Crippen LogP contribution in [0.4, 0.5) is 5.69 Å². The van der Waals surface area contributed by atoms with E-state index in [-0.39, 0.29) is 11.9 Å². The normalized spacial score (nSPS) is 11.9. The molecule has 0 radical (unpaired) electrons. The SMILES string of the molecule is Cc1ccc(CC(C)NC(=O)c2ccncc2NN)s1. The lowest BCUT2D eigenvalue weighted by Crippen LogP contribution is -2.34. The minimum absolute atomic E-state index is 0.0549. The van der Waals surface area contributed by atoms with Crippen LogP contribution >= 0.6 is 11.3 Å². The molecule has 0 aliphatic carbocycles. The molecule has 1 amide bonds. The van der Waals surface area contributed by atoms with Gasteiger partial charge < -0.3 is 10.7 Å². The Kier molecular flexibility index (Phi) is 4.70. The van der Waals surface area contributed by atoms with E-state index in [4.69, 9.17) is 5.84 Å². The summed E-state index contributed by atoms with van der Waals surface area (Å²) >= 11 is 1.75. The Morgan fingerprint density at radius 2 is 2.25 bits per heavy atom. The number of pyridine rings is 1. The van der Waals surface area contributed by atoms with Crippen molar-refractivity contribution in [3.63, 3.8) is 0 Å². The number of nitrogens with one attached hydrogen (secondary N) is 2. The van der Waals surface area contributed by atoms with Crippen LogP contribution in [0.3, 0.4) is 0 Å². The van der Waals surface area contributed by atoms with Crippen LogP contribution in [0.15, 0.2) is 30.6 Å². The van der Waals surface area contributed by atoms with Crippen molar-refractivity contribution >= 4 is 22.9 Å². The van der Waals surface area contributed by atoms with Crippen LogP contribution in [0.5, 0.6) is 0 Å². The molecule has 1 atom stereocenters. The molecule has 106 valence electrons. The number of amides is 1. The smallest absolute Gasteiger partial charge is 0.253 e. The topological polar surface area (TPSA) is 80.0 Å². The summed E-state index contributed by atoms with van der Waals surface area (Å²) < 4.78 is 0. The van der Waals surface area contributed by atoms with Gasteiger partial charge in [-0.3, -0.25) is 15.6 Å². The van der Waals surface area contributed by atoms with E-state index < -0.39 is 0 Å². The van der Waals surface area contributed by atoms with Gasteiger partial charge in [-0.25, -0.2) is 0 Å². The van der Waals surface area contributed by atoms with Crippen LogP contribution in [0.2, 0.25) is 0 Å². The maximum absolute atomic E-state index is 12.2. The maximum Gasteiger partial charge on any atom is 0.253 e. The summed E-state index contributed by atoms with van der Waals surface area (Å²) in [6, 6.07) is 5.89. The molecule has 0 aliphatic rings. The van der Waals surface area contributed by atoms with Crippen LogP contribution in [-0.4, -0.2) is 16.9 Å². The summed E-state index contributed by atoms with van der Waals surface area (Å²) in [7, 11) is 0. The highest BCUT2D eigenvalue weighted by Crippen LogP contribution is 2.17. The van der Waals surface area contributed by atoms with E-state index in [9.17, 15) is 4.79 Å². The Balaban J connectivity index is 2.00. The third-order valence-corrected chi connectivity index (χ3v) is 3.93. The van der Waals surface area contributed by atoms with E-state index in [0.29, 0.717) is 11.3 Å². The molecule has 2 heterocycles. The van der Waals surface area contributed by atoms with E-state index in [1.807, 2.05) is 6.92 Å². The molecule has 0 aliphatic heterocycles. The number of hydrogen-bond donors (Lipinski definition) is 3. The average molecular weight is 290 g/mol. The minimum atomic E-state index is -0.152. The first-order chi connectivity index (χ1) is 9.60. The number of aromatic nitrogens is 1. The van der Waals surface area contributed by atoms with Gasteiger partial charge >= 0.3 is 0 Å². The molecule has 0 saturated carbocycles. The van der Waals surface area contributed by atoms with E-state index >= 15 is 0 Å². The monoisotopic (exact) mass is 290 g/mol. The molecular formula is C14H18N4OS. The summed E-state index contributed by atoms with van der Waals surface area (Å²) in [5.74, 6) is 5.23. The van der Waals surface area contributed by atoms with Gasteiger partial charge in [-0.1, -0.05) is 0 Å². The lowest BCUT2D eigenvalue weighted by atomic mass is 10.1. The summed E-state index contributed by atoms with van der Waals surface area (Å²) in [6.07, 6.45) is 3.92. The van der Waals surface area contributed by atoms with Crippen LogP contribution in [0.25, 0.3) is 0 Å². The molecule has 6 heteroatoms. The highest BCUT2D eigenvalue weighted by molar-refractivity contribution is 7.11.